The van der Waals surface area contributed by atoms with Crippen molar-refractivity contribution >= 4 is 0 Å². The van der Waals surface area contributed by atoms with Crippen LogP contribution in [0.25, 0.3) is 0 Å². The van der Waals surface area contributed by atoms with Crippen molar-refractivity contribution in [2.24, 2.45) is 5.92 Å². The maximum absolute atomic E-state index is 6.24. The van der Waals surface area contributed by atoms with Crippen LogP contribution in [0.5, 0.6) is 0 Å². The van der Waals surface area contributed by atoms with Gasteiger partial charge in [-0.25, -0.2) is 0 Å². The normalized spacial score (nSPS) is 29.5. The van der Waals surface area contributed by atoms with Gasteiger partial charge < -0.3 is 10.1 Å². The zero-order chi connectivity index (χ0) is 12.6. The zero-order valence-corrected chi connectivity index (χ0v) is 12.1. The Balaban J connectivity index is 2.27. The second kappa shape index (κ2) is 8.10. The summed E-state index contributed by atoms with van der Waals surface area (Å²) in [5, 5.41) is 3.32. The minimum Gasteiger partial charge on any atom is -0.374 e. The lowest BCUT2D eigenvalue weighted by Gasteiger charge is -2.39. The molecule has 1 saturated carbocycles. The minimum atomic E-state index is 0.146. The van der Waals surface area contributed by atoms with Crippen molar-refractivity contribution in [3.05, 3.63) is 0 Å². The van der Waals surface area contributed by atoms with Crippen LogP contribution in [0.1, 0.15) is 65.2 Å². The third kappa shape index (κ3) is 5.39. The molecule has 2 nitrogen and oxygen atoms in total. The lowest BCUT2D eigenvalue weighted by Crippen LogP contribution is -2.45. The van der Waals surface area contributed by atoms with E-state index in [4.69, 9.17) is 4.74 Å². The molecule has 0 saturated heterocycles. The number of rotatable bonds is 8. The van der Waals surface area contributed by atoms with Crippen LogP contribution in [-0.2, 0) is 4.74 Å². The van der Waals surface area contributed by atoms with Crippen LogP contribution in [0.2, 0.25) is 0 Å². The average molecular weight is 241 g/mol. The molecule has 0 heterocycles. The van der Waals surface area contributed by atoms with Gasteiger partial charge in [0.1, 0.15) is 0 Å². The summed E-state index contributed by atoms with van der Waals surface area (Å²) in [7, 11) is 2.04. The first-order valence-corrected chi connectivity index (χ1v) is 7.51. The summed E-state index contributed by atoms with van der Waals surface area (Å²) in [6.07, 6.45) is 10.3. The highest BCUT2D eigenvalue weighted by Gasteiger charge is 2.34. The van der Waals surface area contributed by atoms with Crippen LogP contribution in [0.3, 0.4) is 0 Å². The highest BCUT2D eigenvalue weighted by molar-refractivity contribution is 4.88. The molecule has 17 heavy (non-hydrogen) atoms. The number of likely N-dealkylation sites (N-methyl/N-ethyl adjacent to an activating group) is 1. The molecule has 102 valence electrons. The highest BCUT2D eigenvalue weighted by Crippen LogP contribution is 2.34. The quantitative estimate of drug-likeness (QED) is 0.653. The van der Waals surface area contributed by atoms with Gasteiger partial charge in [0.05, 0.1) is 5.60 Å². The molecule has 2 heteroatoms. The van der Waals surface area contributed by atoms with Gasteiger partial charge in [0.25, 0.3) is 0 Å². The Bertz CT molecular complexity index is 185. The van der Waals surface area contributed by atoms with E-state index in [0.717, 1.165) is 19.1 Å². The van der Waals surface area contributed by atoms with Crippen LogP contribution < -0.4 is 5.32 Å². The molecule has 1 aliphatic rings. The Kier molecular flexibility index (Phi) is 7.14. The van der Waals surface area contributed by atoms with E-state index in [0.29, 0.717) is 0 Å². The van der Waals surface area contributed by atoms with E-state index in [9.17, 15) is 0 Å². The van der Waals surface area contributed by atoms with Crippen molar-refractivity contribution in [3.8, 4) is 0 Å². The predicted octanol–water partition coefficient (Wildman–Crippen LogP) is 3.75. The summed E-state index contributed by atoms with van der Waals surface area (Å²) in [5.74, 6) is 0.892. The second-order valence-electron chi connectivity index (χ2n) is 5.80. The molecular weight excluding hydrogens is 210 g/mol. The fourth-order valence-corrected chi connectivity index (χ4v) is 2.80. The molecule has 0 radical (unpaired) electrons. The zero-order valence-electron chi connectivity index (χ0n) is 12.1. The molecule has 0 aliphatic heterocycles. The molecule has 0 unspecified atom stereocenters. The molecule has 0 spiro atoms. The van der Waals surface area contributed by atoms with Gasteiger partial charge in [-0.3, -0.25) is 0 Å². The SMILES string of the molecule is CCCCCCOC1(CNC)CCC(C)CC1. The van der Waals surface area contributed by atoms with Gasteiger partial charge in [-0.2, -0.15) is 0 Å². The van der Waals surface area contributed by atoms with Gasteiger partial charge in [0.2, 0.25) is 0 Å². The number of ether oxygens (including phenoxy) is 1. The monoisotopic (exact) mass is 241 g/mol. The molecule has 1 N–H and O–H groups in total. The third-order valence-electron chi connectivity index (χ3n) is 4.09. The highest BCUT2D eigenvalue weighted by atomic mass is 16.5. The molecule has 0 amide bonds. The van der Waals surface area contributed by atoms with E-state index in [1.54, 1.807) is 0 Å². The van der Waals surface area contributed by atoms with Crippen LogP contribution in [0.4, 0.5) is 0 Å². The van der Waals surface area contributed by atoms with Gasteiger partial charge in [0.15, 0.2) is 0 Å². The summed E-state index contributed by atoms with van der Waals surface area (Å²) in [5.41, 5.74) is 0.146. The average Bonchev–Trinajstić information content (AvgIpc) is 2.33. The number of unbranched alkanes of at least 4 members (excludes halogenated alkanes) is 3. The summed E-state index contributed by atoms with van der Waals surface area (Å²) < 4.78 is 6.24. The van der Waals surface area contributed by atoms with E-state index in [-0.39, 0.29) is 5.60 Å². The lowest BCUT2D eigenvalue weighted by atomic mass is 9.79. The molecule has 0 bridgehead atoms. The Morgan fingerprint density at radius 2 is 1.88 bits per heavy atom. The number of hydrogen-bond donors (Lipinski definition) is 1. The first-order valence-electron chi connectivity index (χ1n) is 7.51. The molecule has 0 atom stereocenters. The maximum Gasteiger partial charge on any atom is 0.0806 e. The molecule has 0 aromatic rings. The molecular formula is C15H31NO. The Morgan fingerprint density at radius 3 is 2.47 bits per heavy atom. The van der Waals surface area contributed by atoms with Gasteiger partial charge >= 0.3 is 0 Å². The summed E-state index contributed by atoms with van der Waals surface area (Å²) >= 11 is 0. The van der Waals surface area contributed by atoms with Gasteiger partial charge in [-0.05, 0) is 45.1 Å². The second-order valence-corrected chi connectivity index (χ2v) is 5.80. The van der Waals surface area contributed by atoms with Crippen LogP contribution >= 0.6 is 0 Å². The van der Waals surface area contributed by atoms with Crippen molar-refractivity contribution in [1.82, 2.24) is 5.32 Å². The topological polar surface area (TPSA) is 21.3 Å². The Morgan fingerprint density at radius 1 is 1.18 bits per heavy atom. The van der Waals surface area contributed by atoms with Crippen LogP contribution in [0, 0.1) is 5.92 Å². The molecule has 0 aromatic heterocycles. The summed E-state index contributed by atoms with van der Waals surface area (Å²) in [6, 6.07) is 0. The summed E-state index contributed by atoms with van der Waals surface area (Å²) in [4.78, 5) is 0. The van der Waals surface area contributed by atoms with E-state index >= 15 is 0 Å². The molecule has 0 aromatic carbocycles. The predicted molar refractivity (Wildman–Crippen MR) is 74.4 cm³/mol. The van der Waals surface area contributed by atoms with Gasteiger partial charge in [-0.15, -0.1) is 0 Å². The van der Waals surface area contributed by atoms with E-state index in [2.05, 4.69) is 19.2 Å². The van der Waals surface area contributed by atoms with Crippen molar-refractivity contribution in [2.45, 2.75) is 70.8 Å². The molecule has 1 rings (SSSR count). The van der Waals surface area contributed by atoms with Crippen molar-refractivity contribution in [1.29, 1.82) is 0 Å². The van der Waals surface area contributed by atoms with Crippen molar-refractivity contribution in [2.75, 3.05) is 20.2 Å². The van der Waals surface area contributed by atoms with Crippen LogP contribution in [0.15, 0.2) is 0 Å². The number of hydrogen-bond acceptors (Lipinski definition) is 2. The Hall–Kier alpha value is -0.0800. The maximum atomic E-state index is 6.24. The van der Waals surface area contributed by atoms with E-state index < -0.39 is 0 Å². The number of nitrogens with one attached hydrogen (secondary N) is 1. The molecule has 1 fully saturated rings. The van der Waals surface area contributed by atoms with E-state index in [1.165, 1.54) is 51.4 Å². The third-order valence-corrected chi connectivity index (χ3v) is 4.09. The first kappa shape index (κ1) is 15.0. The fourth-order valence-electron chi connectivity index (χ4n) is 2.80. The lowest BCUT2D eigenvalue weighted by molar-refractivity contribution is -0.0753. The van der Waals surface area contributed by atoms with Gasteiger partial charge in [-0.1, -0.05) is 33.1 Å². The summed E-state index contributed by atoms with van der Waals surface area (Å²) in [6.45, 7) is 6.60. The van der Waals surface area contributed by atoms with Gasteiger partial charge in [0, 0.05) is 13.2 Å². The first-order chi connectivity index (χ1) is 8.22. The van der Waals surface area contributed by atoms with Crippen LogP contribution in [-0.4, -0.2) is 25.8 Å². The minimum absolute atomic E-state index is 0.146. The molecule has 1 aliphatic carbocycles. The fraction of sp³-hybridized carbons (Fsp3) is 1.00. The van der Waals surface area contributed by atoms with Crippen molar-refractivity contribution < 1.29 is 4.74 Å². The standard InChI is InChI=1S/C15H31NO/c1-4-5-6-7-12-17-15(13-16-3)10-8-14(2)9-11-15/h14,16H,4-13H2,1-3H3. The Labute approximate surface area is 108 Å². The smallest absolute Gasteiger partial charge is 0.0806 e. The largest absolute Gasteiger partial charge is 0.374 e. The van der Waals surface area contributed by atoms with Crippen molar-refractivity contribution in [3.63, 3.8) is 0 Å². The van der Waals surface area contributed by atoms with E-state index in [1.807, 2.05) is 7.05 Å².